The van der Waals surface area contributed by atoms with Crippen molar-refractivity contribution in [3.05, 3.63) is 63.6 Å². The van der Waals surface area contributed by atoms with E-state index in [1.807, 2.05) is 17.9 Å². The fourth-order valence-corrected chi connectivity index (χ4v) is 4.47. The molecule has 0 atom stereocenters. The molecule has 11 nitrogen and oxygen atoms in total. The van der Waals surface area contributed by atoms with Crippen LogP contribution in [0.5, 0.6) is 0 Å². The second kappa shape index (κ2) is 9.61. The Balaban J connectivity index is 1.59. The number of likely N-dealkylation sites (tertiary alicyclic amines) is 1. The molecule has 1 amide bonds. The summed E-state index contributed by atoms with van der Waals surface area (Å²) in [4.78, 5) is 51.3. The zero-order valence-electron chi connectivity index (χ0n) is 20.1. The fraction of sp³-hybridized carbons (Fsp3) is 0.280. The minimum absolute atomic E-state index is 0.00645. The molecule has 1 aliphatic heterocycles. The Kier molecular flexibility index (Phi) is 6.19. The number of aromatic nitrogens is 5. The number of hydrogen-bond acceptors (Lipinski definition) is 8. The number of nitrogens with zero attached hydrogens (tertiary/aromatic N) is 5. The van der Waals surface area contributed by atoms with Crippen molar-refractivity contribution in [2.45, 2.75) is 26.3 Å². The number of amides is 1. The van der Waals surface area contributed by atoms with E-state index in [4.69, 9.17) is 5.73 Å². The number of nitrogens with two attached hydrogens (primary N) is 1. The van der Waals surface area contributed by atoms with Gasteiger partial charge in [0.25, 0.3) is 11.5 Å². The molecule has 36 heavy (non-hydrogen) atoms. The van der Waals surface area contributed by atoms with Crippen LogP contribution in [0.1, 0.15) is 40.3 Å². The molecule has 5 rings (SSSR count). The number of fused-ring (bicyclic) bond motifs is 1. The molecule has 1 fully saturated rings. The molecule has 0 spiro atoms. The van der Waals surface area contributed by atoms with Crippen LogP contribution in [-0.4, -0.2) is 62.1 Å². The lowest BCUT2D eigenvalue weighted by Crippen LogP contribution is -2.28. The number of rotatable bonds is 6. The van der Waals surface area contributed by atoms with E-state index < -0.39 is 0 Å². The van der Waals surface area contributed by atoms with Crippen molar-refractivity contribution in [1.29, 1.82) is 0 Å². The summed E-state index contributed by atoms with van der Waals surface area (Å²) < 4.78 is 0. The number of hydrogen-bond donors (Lipinski definition) is 4. The quantitative estimate of drug-likeness (QED) is 0.305. The van der Waals surface area contributed by atoms with Crippen molar-refractivity contribution in [1.82, 2.24) is 29.8 Å². The van der Waals surface area contributed by atoms with E-state index >= 15 is 0 Å². The van der Waals surface area contributed by atoms with Gasteiger partial charge in [0.05, 0.1) is 34.6 Å². The summed E-state index contributed by atoms with van der Waals surface area (Å²) in [6, 6.07) is 5.40. The van der Waals surface area contributed by atoms with Gasteiger partial charge in [-0.2, -0.15) is 0 Å². The average molecular weight is 486 g/mol. The Bertz CT molecular complexity index is 1520. The molecule has 1 aromatic carbocycles. The van der Waals surface area contributed by atoms with Crippen molar-refractivity contribution in [2.24, 2.45) is 4.99 Å². The third kappa shape index (κ3) is 4.30. The maximum Gasteiger partial charge on any atom is 0.261 e. The Labute approximate surface area is 206 Å². The number of aliphatic imine (C=N–C) groups is 1. The molecule has 184 valence electrons. The molecule has 0 unspecified atom stereocenters. The number of carbonyl (C=O) groups is 1. The molecule has 1 saturated heterocycles. The van der Waals surface area contributed by atoms with Gasteiger partial charge in [0.2, 0.25) is 0 Å². The van der Waals surface area contributed by atoms with Crippen molar-refractivity contribution < 1.29 is 4.79 Å². The Morgan fingerprint density at radius 2 is 1.97 bits per heavy atom. The van der Waals surface area contributed by atoms with Gasteiger partial charge in [-0.3, -0.25) is 14.6 Å². The number of aryl methyl sites for hydroxylation is 1. The van der Waals surface area contributed by atoms with Crippen molar-refractivity contribution >= 4 is 34.5 Å². The van der Waals surface area contributed by atoms with Gasteiger partial charge in [-0.15, -0.1) is 0 Å². The normalized spacial score (nSPS) is 13.7. The first-order valence-corrected chi connectivity index (χ1v) is 11.7. The highest BCUT2D eigenvalue weighted by molar-refractivity contribution is 6.00. The standard InChI is InChI=1S/C25H27N9O2/c1-14-10-16-17(11-15(14)25(36)34-8-3-4-9-34)32-23(31-16)20-22(30-13-19-28-6-5-7-29-19)21(26)18(12-27-2)33-24(20)35/h5-7,10-12H,3-4,8-9,13,26H2,1-2H3,(H,31,32)(H2,30,33,35). The van der Waals surface area contributed by atoms with E-state index in [2.05, 4.69) is 35.2 Å². The number of anilines is 2. The van der Waals surface area contributed by atoms with Crippen molar-refractivity contribution in [2.75, 3.05) is 31.2 Å². The molecule has 0 saturated carbocycles. The minimum Gasteiger partial charge on any atom is -0.395 e. The predicted molar refractivity (Wildman–Crippen MR) is 139 cm³/mol. The zero-order chi connectivity index (χ0) is 25.2. The smallest absolute Gasteiger partial charge is 0.261 e. The summed E-state index contributed by atoms with van der Waals surface area (Å²) in [7, 11) is 1.60. The first-order chi connectivity index (χ1) is 17.5. The molecular weight excluding hydrogens is 458 g/mol. The lowest BCUT2D eigenvalue weighted by Gasteiger charge is -2.16. The highest BCUT2D eigenvalue weighted by atomic mass is 16.2. The van der Waals surface area contributed by atoms with Crippen LogP contribution in [0.2, 0.25) is 0 Å². The number of H-pyrrole nitrogens is 2. The third-order valence-corrected chi connectivity index (χ3v) is 6.27. The van der Waals surface area contributed by atoms with Crippen LogP contribution in [-0.2, 0) is 6.54 Å². The molecule has 4 aromatic rings. The van der Waals surface area contributed by atoms with Crippen LogP contribution in [0.15, 0.2) is 40.4 Å². The summed E-state index contributed by atoms with van der Waals surface area (Å²) in [6.45, 7) is 3.69. The topological polar surface area (TPSA) is 158 Å². The number of nitrogens with one attached hydrogen (secondary N) is 3. The van der Waals surface area contributed by atoms with E-state index in [1.54, 1.807) is 31.6 Å². The predicted octanol–water partition coefficient (Wildman–Crippen LogP) is 2.50. The summed E-state index contributed by atoms with van der Waals surface area (Å²) in [5.74, 6) is 0.880. The van der Waals surface area contributed by atoms with Crippen LogP contribution < -0.4 is 16.6 Å². The van der Waals surface area contributed by atoms with Gasteiger partial charge in [0.1, 0.15) is 17.2 Å². The maximum atomic E-state index is 13.2. The highest BCUT2D eigenvalue weighted by Gasteiger charge is 2.24. The monoisotopic (exact) mass is 485 g/mol. The van der Waals surface area contributed by atoms with Gasteiger partial charge in [-0.05, 0) is 43.5 Å². The van der Waals surface area contributed by atoms with Gasteiger partial charge >= 0.3 is 0 Å². The van der Waals surface area contributed by atoms with E-state index in [1.165, 1.54) is 6.21 Å². The van der Waals surface area contributed by atoms with E-state index in [0.29, 0.717) is 39.8 Å². The number of imidazole rings is 1. The number of pyridine rings is 1. The molecule has 4 heterocycles. The maximum absolute atomic E-state index is 13.2. The van der Waals surface area contributed by atoms with Crippen LogP contribution in [0, 0.1) is 6.92 Å². The molecule has 0 bridgehead atoms. The number of carbonyl (C=O) groups excluding carboxylic acids is 1. The fourth-order valence-electron chi connectivity index (χ4n) is 4.47. The summed E-state index contributed by atoms with van der Waals surface area (Å²) in [5.41, 5.74) is 10.2. The van der Waals surface area contributed by atoms with E-state index in [9.17, 15) is 9.59 Å². The van der Waals surface area contributed by atoms with Gasteiger partial charge in [0, 0.05) is 44.3 Å². The zero-order valence-corrected chi connectivity index (χ0v) is 20.1. The first-order valence-electron chi connectivity index (χ1n) is 11.7. The molecule has 5 N–H and O–H groups in total. The van der Waals surface area contributed by atoms with Crippen LogP contribution >= 0.6 is 0 Å². The highest BCUT2D eigenvalue weighted by Crippen LogP contribution is 2.32. The lowest BCUT2D eigenvalue weighted by atomic mass is 10.1. The van der Waals surface area contributed by atoms with Gasteiger partial charge < -0.3 is 25.9 Å². The largest absolute Gasteiger partial charge is 0.395 e. The van der Waals surface area contributed by atoms with Crippen LogP contribution in [0.25, 0.3) is 22.4 Å². The molecule has 0 radical (unpaired) electrons. The summed E-state index contributed by atoms with van der Waals surface area (Å²) in [6.07, 6.45) is 6.81. The third-order valence-electron chi connectivity index (χ3n) is 6.27. The lowest BCUT2D eigenvalue weighted by molar-refractivity contribution is 0.0792. The molecular formula is C25H27N9O2. The Morgan fingerprint density at radius 1 is 1.22 bits per heavy atom. The summed E-state index contributed by atoms with van der Waals surface area (Å²) in [5, 5.41) is 3.21. The number of nitrogen functional groups attached to an aromatic ring is 1. The van der Waals surface area contributed by atoms with Gasteiger partial charge in [0.15, 0.2) is 0 Å². The average Bonchev–Trinajstić information content (AvgIpc) is 3.55. The summed E-state index contributed by atoms with van der Waals surface area (Å²) >= 11 is 0. The number of aromatic amines is 2. The van der Waals surface area contributed by atoms with Crippen LogP contribution in [0.4, 0.5) is 11.4 Å². The van der Waals surface area contributed by atoms with Gasteiger partial charge in [-0.1, -0.05) is 0 Å². The molecule has 0 aliphatic carbocycles. The second-order valence-electron chi connectivity index (χ2n) is 8.71. The number of benzene rings is 1. The van der Waals surface area contributed by atoms with Crippen molar-refractivity contribution in [3.8, 4) is 11.4 Å². The first kappa shape index (κ1) is 23.2. The van der Waals surface area contributed by atoms with E-state index in [0.717, 1.165) is 37.0 Å². The van der Waals surface area contributed by atoms with E-state index in [-0.39, 0.29) is 23.6 Å². The van der Waals surface area contributed by atoms with Gasteiger partial charge in [-0.25, -0.2) is 15.0 Å². The second-order valence-corrected chi connectivity index (χ2v) is 8.71. The molecule has 1 aliphatic rings. The Hall–Kier alpha value is -4.54. The van der Waals surface area contributed by atoms with Crippen molar-refractivity contribution in [3.63, 3.8) is 0 Å². The molecule has 11 heteroatoms. The Morgan fingerprint density at radius 3 is 2.69 bits per heavy atom. The SMILES string of the molecule is CN=Cc1[nH]c(=O)c(-c2nc3cc(C(=O)N4CCCC4)c(C)cc3[nH]2)c(NCc2ncccn2)c1N. The molecule has 3 aromatic heterocycles. The minimum atomic E-state index is -0.389. The van der Waals surface area contributed by atoms with Crippen LogP contribution in [0.3, 0.4) is 0 Å².